The van der Waals surface area contributed by atoms with Crippen LogP contribution in [0.2, 0.25) is 0 Å². The predicted molar refractivity (Wildman–Crippen MR) is 81.4 cm³/mol. The van der Waals surface area contributed by atoms with E-state index in [-0.39, 0.29) is 24.5 Å². The number of nitrogens with zero attached hydrogens (tertiary/aromatic N) is 2. The van der Waals surface area contributed by atoms with Gasteiger partial charge in [0.15, 0.2) is 0 Å². The number of aryl methyl sites for hydroxylation is 1. The molecule has 1 aromatic rings. The van der Waals surface area contributed by atoms with Gasteiger partial charge in [0, 0.05) is 18.3 Å². The Morgan fingerprint density at radius 2 is 2.10 bits per heavy atom. The minimum Gasteiger partial charge on any atom is -0.480 e. The molecule has 1 N–H and O–H groups in total. The molecule has 0 radical (unpaired) electrons. The number of hydrogen-bond donors (Lipinski definition) is 1. The van der Waals surface area contributed by atoms with Crippen LogP contribution in [0.5, 0.6) is 0 Å². The summed E-state index contributed by atoms with van der Waals surface area (Å²) in [5.74, 6) is -1.05. The number of benzene rings is 1. The minimum atomic E-state index is -0.962. The molecule has 114 valence electrons. The molecular formula is C16H22N2O3. The first-order chi connectivity index (χ1) is 9.91. The highest BCUT2D eigenvalue weighted by Gasteiger charge is 2.38. The van der Waals surface area contributed by atoms with E-state index in [0.29, 0.717) is 13.0 Å². The summed E-state index contributed by atoms with van der Waals surface area (Å²) >= 11 is 0. The van der Waals surface area contributed by atoms with Gasteiger partial charge in [0.2, 0.25) is 5.91 Å². The number of hydrogen-bond acceptors (Lipinski definition) is 3. The number of carboxylic acid groups (broad SMARTS) is 1. The predicted octanol–water partition coefficient (Wildman–Crippen LogP) is 1.90. The quantitative estimate of drug-likeness (QED) is 0.899. The van der Waals surface area contributed by atoms with Crippen molar-refractivity contribution in [3.8, 4) is 0 Å². The molecule has 0 saturated carbocycles. The van der Waals surface area contributed by atoms with E-state index in [1.807, 2.05) is 31.2 Å². The Hall–Kier alpha value is -2.04. The van der Waals surface area contributed by atoms with Crippen molar-refractivity contribution < 1.29 is 14.7 Å². The van der Waals surface area contributed by atoms with E-state index < -0.39 is 5.97 Å². The van der Waals surface area contributed by atoms with Crippen molar-refractivity contribution in [2.45, 2.75) is 39.3 Å². The molecule has 1 heterocycles. The highest BCUT2D eigenvalue weighted by molar-refractivity contribution is 5.90. The van der Waals surface area contributed by atoms with Crippen LogP contribution in [-0.2, 0) is 9.59 Å². The van der Waals surface area contributed by atoms with Gasteiger partial charge in [0.05, 0.1) is 0 Å². The summed E-state index contributed by atoms with van der Waals surface area (Å²) < 4.78 is 0. The molecule has 0 spiro atoms. The van der Waals surface area contributed by atoms with E-state index in [1.165, 1.54) is 4.90 Å². The number of carbonyl (C=O) groups is 2. The number of rotatable bonds is 5. The molecule has 1 saturated heterocycles. The Kier molecular flexibility index (Phi) is 4.50. The van der Waals surface area contributed by atoms with Gasteiger partial charge in [-0.3, -0.25) is 9.59 Å². The zero-order valence-corrected chi connectivity index (χ0v) is 12.7. The normalized spacial score (nSPS) is 18.4. The topological polar surface area (TPSA) is 60.9 Å². The lowest BCUT2D eigenvalue weighted by Gasteiger charge is -2.35. The molecule has 1 amide bonds. The smallest absolute Gasteiger partial charge is 0.323 e. The van der Waals surface area contributed by atoms with Crippen molar-refractivity contribution in [1.29, 1.82) is 0 Å². The van der Waals surface area contributed by atoms with Gasteiger partial charge < -0.3 is 14.9 Å². The second kappa shape index (κ2) is 6.16. The van der Waals surface area contributed by atoms with Gasteiger partial charge in [0.25, 0.3) is 0 Å². The fourth-order valence-corrected chi connectivity index (χ4v) is 2.96. The molecular weight excluding hydrogens is 268 g/mol. The maximum atomic E-state index is 12.5. The number of likely N-dealkylation sites (tertiary alicyclic amines) is 1. The van der Waals surface area contributed by atoms with Crippen molar-refractivity contribution in [2.24, 2.45) is 0 Å². The maximum Gasteiger partial charge on any atom is 0.323 e. The summed E-state index contributed by atoms with van der Waals surface area (Å²) in [7, 11) is 0. The van der Waals surface area contributed by atoms with Gasteiger partial charge in [-0.15, -0.1) is 0 Å². The molecule has 1 aliphatic rings. The van der Waals surface area contributed by atoms with E-state index in [9.17, 15) is 9.59 Å². The molecule has 21 heavy (non-hydrogen) atoms. The van der Waals surface area contributed by atoms with E-state index in [1.54, 1.807) is 0 Å². The van der Waals surface area contributed by atoms with E-state index in [0.717, 1.165) is 11.3 Å². The number of anilines is 1. The van der Waals surface area contributed by atoms with Crippen LogP contribution in [0, 0.1) is 6.92 Å². The van der Waals surface area contributed by atoms with Crippen LogP contribution in [0.1, 0.15) is 25.8 Å². The molecule has 2 rings (SSSR count). The van der Waals surface area contributed by atoms with Crippen LogP contribution >= 0.6 is 0 Å². The largest absolute Gasteiger partial charge is 0.480 e. The highest BCUT2D eigenvalue weighted by atomic mass is 16.4. The van der Waals surface area contributed by atoms with E-state index in [4.69, 9.17) is 5.11 Å². The summed E-state index contributed by atoms with van der Waals surface area (Å²) in [6, 6.07) is 7.88. The zero-order valence-electron chi connectivity index (χ0n) is 12.7. The van der Waals surface area contributed by atoms with Crippen molar-refractivity contribution in [1.82, 2.24) is 4.90 Å². The summed E-state index contributed by atoms with van der Waals surface area (Å²) in [5, 5.41) is 8.88. The molecule has 5 nitrogen and oxygen atoms in total. The number of carbonyl (C=O) groups excluding carboxylic acids is 1. The summed E-state index contributed by atoms with van der Waals surface area (Å²) in [6.45, 7) is 6.43. The number of para-hydroxylation sites is 1. The SMILES string of the molecule is Cc1ccccc1N(C(C)C)C1CCN(CC(=O)O)C1=O. The van der Waals surface area contributed by atoms with Crippen LogP contribution in [-0.4, -0.2) is 47.1 Å². The second-order valence-electron chi connectivity index (χ2n) is 5.75. The van der Waals surface area contributed by atoms with Crippen LogP contribution in [0.3, 0.4) is 0 Å². The third kappa shape index (κ3) is 3.17. The first-order valence-electron chi connectivity index (χ1n) is 7.26. The molecule has 1 aromatic carbocycles. The molecule has 1 atom stereocenters. The van der Waals surface area contributed by atoms with Crippen molar-refractivity contribution >= 4 is 17.6 Å². The molecule has 1 unspecified atom stereocenters. The third-order valence-corrected chi connectivity index (χ3v) is 3.88. The third-order valence-electron chi connectivity index (χ3n) is 3.88. The Morgan fingerprint density at radius 3 is 2.67 bits per heavy atom. The average molecular weight is 290 g/mol. The Morgan fingerprint density at radius 1 is 1.43 bits per heavy atom. The van der Waals surface area contributed by atoms with Crippen LogP contribution in [0.25, 0.3) is 0 Å². The van der Waals surface area contributed by atoms with Crippen molar-refractivity contribution in [2.75, 3.05) is 18.0 Å². The number of amides is 1. The van der Waals surface area contributed by atoms with Crippen molar-refractivity contribution in [3.63, 3.8) is 0 Å². The van der Waals surface area contributed by atoms with E-state index in [2.05, 4.69) is 18.7 Å². The van der Waals surface area contributed by atoms with Gasteiger partial charge in [-0.05, 0) is 38.8 Å². The van der Waals surface area contributed by atoms with Crippen molar-refractivity contribution in [3.05, 3.63) is 29.8 Å². The van der Waals surface area contributed by atoms with Gasteiger partial charge in [0.1, 0.15) is 12.6 Å². The summed E-state index contributed by atoms with van der Waals surface area (Å²) in [6.07, 6.45) is 0.665. The molecule has 5 heteroatoms. The molecule has 0 bridgehead atoms. The van der Waals surface area contributed by atoms with Crippen LogP contribution in [0.15, 0.2) is 24.3 Å². The van der Waals surface area contributed by atoms with E-state index >= 15 is 0 Å². The minimum absolute atomic E-state index is 0.0886. The standard InChI is InChI=1S/C16H22N2O3/c1-11(2)18(13-7-5-4-6-12(13)3)14-8-9-17(16(14)21)10-15(19)20/h4-7,11,14H,8-10H2,1-3H3,(H,19,20). The number of aliphatic carboxylic acids is 1. The Balaban J connectivity index is 2.27. The molecule has 1 fully saturated rings. The van der Waals surface area contributed by atoms with Gasteiger partial charge in [-0.25, -0.2) is 0 Å². The lowest BCUT2D eigenvalue weighted by atomic mass is 10.1. The molecule has 0 aromatic heterocycles. The molecule has 0 aliphatic carbocycles. The highest BCUT2D eigenvalue weighted by Crippen LogP contribution is 2.28. The van der Waals surface area contributed by atoms with Gasteiger partial charge in [-0.1, -0.05) is 18.2 Å². The van der Waals surface area contributed by atoms with Crippen LogP contribution in [0.4, 0.5) is 5.69 Å². The monoisotopic (exact) mass is 290 g/mol. The fraction of sp³-hybridized carbons (Fsp3) is 0.500. The zero-order chi connectivity index (χ0) is 15.6. The fourth-order valence-electron chi connectivity index (χ4n) is 2.96. The Bertz CT molecular complexity index is 542. The first kappa shape index (κ1) is 15.4. The van der Waals surface area contributed by atoms with Crippen LogP contribution < -0.4 is 4.90 Å². The first-order valence-corrected chi connectivity index (χ1v) is 7.26. The number of carboxylic acids is 1. The second-order valence-corrected chi connectivity index (χ2v) is 5.75. The summed E-state index contributed by atoms with van der Waals surface area (Å²) in [4.78, 5) is 26.9. The maximum absolute atomic E-state index is 12.5. The Labute approximate surface area is 125 Å². The lowest BCUT2D eigenvalue weighted by molar-refractivity contribution is -0.143. The lowest BCUT2D eigenvalue weighted by Crippen LogP contribution is -2.46. The average Bonchev–Trinajstić information content (AvgIpc) is 2.73. The molecule has 1 aliphatic heterocycles. The van der Waals surface area contributed by atoms with Gasteiger partial charge >= 0.3 is 5.97 Å². The summed E-state index contributed by atoms with van der Waals surface area (Å²) in [5.41, 5.74) is 2.17. The van der Waals surface area contributed by atoms with Gasteiger partial charge in [-0.2, -0.15) is 0 Å².